The normalized spacial score (nSPS) is 11.0. The van der Waals surface area contributed by atoms with E-state index < -0.39 is 38.2 Å². The van der Waals surface area contributed by atoms with Gasteiger partial charge < -0.3 is 4.74 Å². The lowest BCUT2D eigenvalue weighted by molar-refractivity contribution is -0.385. The van der Waals surface area contributed by atoms with Gasteiger partial charge in [-0.1, -0.05) is 18.2 Å². The average Bonchev–Trinajstić information content (AvgIpc) is 2.59. The first-order chi connectivity index (χ1) is 12.2. The second kappa shape index (κ2) is 7.89. The number of hydrogen-bond donors (Lipinski definition) is 2. The minimum atomic E-state index is -4.24. The summed E-state index contributed by atoms with van der Waals surface area (Å²) in [6, 6.07) is 8.70. The second-order valence-electron chi connectivity index (χ2n) is 5.08. The zero-order chi connectivity index (χ0) is 19.3. The Morgan fingerprint density at radius 2 is 1.96 bits per heavy atom. The van der Waals surface area contributed by atoms with Crippen molar-refractivity contribution in [2.24, 2.45) is 0 Å². The highest BCUT2D eigenvalue weighted by molar-refractivity contribution is 7.89. The highest BCUT2D eigenvalue weighted by Gasteiger charge is 2.20. The molecular weight excluding hydrogens is 369 g/mol. The van der Waals surface area contributed by atoms with E-state index >= 15 is 0 Å². The van der Waals surface area contributed by atoms with E-state index in [1.165, 1.54) is 31.2 Å². The molecule has 0 fully saturated rings. The van der Waals surface area contributed by atoms with Gasteiger partial charge in [-0.25, -0.2) is 12.8 Å². The van der Waals surface area contributed by atoms with Crippen LogP contribution in [0.2, 0.25) is 0 Å². The van der Waals surface area contributed by atoms with Gasteiger partial charge in [0, 0.05) is 11.6 Å². The van der Waals surface area contributed by atoms with E-state index in [0.717, 1.165) is 18.2 Å². The molecule has 0 bridgehead atoms. The summed E-state index contributed by atoms with van der Waals surface area (Å²) in [5, 5.41) is 10.9. The molecule has 0 saturated heterocycles. The van der Waals surface area contributed by atoms with Crippen LogP contribution in [0.4, 0.5) is 10.1 Å². The fourth-order valence-electron chi connectivity index (χ4n) is 1.88. The lowest BCUT2D eigenvalue weighted by Gasteiger charge is -2.10. The van der Waals surface area contributed by atoms with Gasteiger partial charge in [0.1, 0.15) is 0 Å². The van der Waals surface area contributed by atoms with Crippen LogP contribution in [0.3, 0.4) is 0 Å². The molecule has 0 unspecified atom stereocenters. The van der Waals surface area contributed by atoms with E-state index in [-0.39, 0.29) is 17.0 Å². The van der Waals surface area contributed by atoms with Crippen LogP contribution in [0.15, 0.2) is 47.4 Å². The first kappa shape index (κ1) is 19.3. The van der Waals surface area contributed by atoms with Gasteiger partial charge in [-0.05, 0) is 25.1 Å². The van der Waals surface area contributed by atoms with Crippen LogP contribution >= 0.6 is 0 Å². The standard InChI is InChI=1S/C15H14FN3O6S/c1-10-6-7-11(8-13(10)19(21)22)26(23,24)18-17-15(20)9-25-14-5-3-2-4-12(14)16/h2-8,18H,9H2,1H3,(H,17,20). The molecule has 1 amide bonds. The summed E-state index contributed by atoms with van der Waals surface area (Å²) in [5.74, 6) is -1.73. The van der Waals surface area contributed by atoms with Gasteiger partial charge in [0.15, 0.2) is 18.2 Å². The lowest BCUT2D eigenvalue weighted by Crippen LogP contribution is -2.43. The third-order valence-electron chi connectivity index (χ3n) is 3.21. The molecule has 2 N–H and O–H groups in total. The topological polar surface area (TPSA) is 128 Å². The van der Waals surface area contributed by atoms with Gasteiger partial charge in [0.05, 0.1) is 9.82 Å². The van der Waals surface area contributed by atoms with Crippen LogP contribution in [0.25, 0.3) is 0 Å². The molecule has 2 aromatic carbocycles. The molecule has 11 heteroatoms. The summed E-state index contributed by atoms with van der Waals surface area (Å²) < 4.78 is 42.5. The van der Waals surface area contributed by atoms with E-state index in [1.807, 2.05) is 5.43 Å². The molecule has 0 aliphatic heterocycles. The number of benzene rings is 2. The number of aryl methyl sites for hydroxylation is 1. The van der Waals surface area contributed by atoms with Gasteiger partial charge in [0.2, 0.25) is 0 Å². The quantitative estimate of drug-likeness (QED) is 0.550. The molecule has 2 aromatic rings. The molecule has 0 atom stereocenters. The molecule has 0 spiro atoms. The summed E-state index contributed by atoms with van der Waals surface area (Å²) in [4.78, 5) is 23.2. The number of sulfonamides is 1. The van der Waals surface area contributed by atoms with Crippen molar-refractivity contribution in [3.63, 3.8) is 0 Å². The van der Waals surface area contributed by atoms with Gasteiger partial charge >= 0.3 is 0 Å². The Bertz CT molecular complexity index is 948. The molecule has 0 aromatic heterocycles. The molecule has 0 aliphatic carbocycles. The predicted molar refractivity (Wildman–Crippen MR) is 88.2 cm³/mol. The Hall–Kier alpha value is -3.05. The number of nitrogens with zero attached hydrogens (tertiary/aromatic N) is 1. The van der Waals surface area contributed by atoms with E-state index in [4.69, 9.17) is 4.74 Å². The van der Waals surface area contributed by atoms with E-state index in [1.54, 1.807) is 4.83 Å². The van der Waals surface area contributed by atoms with Crippen molar-refractivity contribution in [2.75, 3.05) is 6.61 Å². The number of hydrazine groups is 1. The zero-order valence-electron chi connectivity index (χ0n) is 13.4. The first-order valence-electron chi connectivity index (χ1n) is 7.14. The first-order valence-corrected chi connectivity index (χ1v) is 8.62. The molecule has 0 aliphatic rings. The number of carbonyl (C=O) groups excluding carboxylic acids is 1. The average molecular weight is 383 g/mol. The highest BCUT2D eigenvalue weighted by atomic mass is 32.2. The lowest BCUT2D eigenvalue weighted by atomic mass is 10.2. The Morgan fingerprint density at radius 1 is 1.27 bits per heavy atom. The number of hydrogen-bond acceptors (Lipinski definition) is 6. The van der Waals surface area contributed by atoms with Crippen molar-refractivity contribution in [3.05, 3.63) is 64.0 Å². The van der Waals surface area contributed by atoms with Gasteiger partial charge in [-0.3, -0.25) is 20.3 Å². The molecule has 0 radical (unpaired) electrons. The smallest absolute Gasteiger partial charge is 0.273 e. The van der Waals surface area contributed by atoms with E-state index in [9.17, 15) is 27.7 Å². The maximum atomic E-state index is 13.3. The van der Waals surface area contributed by atoms with Crippen LogP contribution in [0, 0.1) is 22.9 Å². The predicted octanol–water partition coefficient (Wildman–Crippen LogP) is 1.43. The fourth-order valence-corrected chi connectivity index (χ4v) is 2.76. The number of nitrogens with one attached hydrogen (secondary N) is 2. The van der Waals surface area contributed by atoms with Gasteiger partial charge in [0.25, 0.3) is 21.6 Å². The van der Waals surface area contributed by atoms with E-state index in [2.05, 4.69) is 0 Å². The number of ether oxygens (including phenoxy) is 1. The summed E-state index contributed by atoms with van der Waals surface area (Å²) in [7, 11) is -4.24. The van der Waals surface area contributed by atoms with Gasteiger partial charge in [-0.15, -0.1) is 4.83 Å². The summed E-state index contributed by atoms with van der Waals surface area (Å²) in [6.07, 6.45) is 0. The third-order valence-corrected chi connectivity index (χ3v) is 4.45. The van der Waals surface area contributed by atoms with Crippen molar-refractivity contribution < 1.29 is 27.3 Å². The molecule has 0 saturated carbocycles. The largest absolute Gasteiger partial charge is 0.481 e. The Kier molecular flexibility index (Phi) is 5.85. The number of nitro groups is 1. The number of para-hydroxylation sites is 1. The Balaban J connectivity index is 1.99. The molecule has 9 nitrogen and oxygen atoms in total. The monoisotopic (exact) mass is 383 g/mol. The van der Waals surface area contributed by atoms with E-state index in [0.29, 0.717) is 0 Å². The van der Waals surface area contributed by atoms with Crippen LogP contribution in [0.5, 0.6) is 5.75 Å². The van der Waals surface area contributed by atoms with Crippen LogP contribution < -0.4 is 15.0 Å². The van der Waals surface area contributed by atoms with Crippen LogP contribution in [-0.2, 0) is 14.8 Å². The van der Waals surface area contributed by atoms with Crippen molar-refractivity contribution in [2.45, 2.75) is 11.8 Å². The Labute approximate surface area is 148 Å². The van der Waals surface area contributed by atoms with Crippen LogP contribution in [-0.4, -0.2) is 25.9 Å². The van der Waals surface area contributed by atoms with Gasteiger partial charge in [-0.2, -0.15) is 0 Å². The molecular formula is C15H14FN3O6S. The zero-order valence-corrected chi connectivity index (χ0v) is 14.2. The SMILES string of the molecule is Cc1ccc(S(=O)(=O)NNC(=O)COc2ccccc2F)cc1[N+](=O)[O-]. The van der Waals surface area contributed by atoms with Crippen molar-refractivity contribution in [3.8, 4) is 5.75 Å². The summed E-state index contributed by atoms with van der Waals surface area (Å²) >= 11 is 0. The molecule has 2 rings (SSSR count). The molecule has 0 heterocycles. The minimum absolute atomic E-state index is 0.167. The maximum Gasteiger partial charge on any atom is 0.273 e. The molecule has 26 heavy (non-hydrogen) atoms. The number of rotatable bonds is 7. The third kappa shape index (κ3) is 4.74. The maximum absolute atomic E-state index is 13.3. The highest BCUT2D eigenvalue weighted by Crippen LogP contribution is 2.21. The summed E-state index contributed by atoms with van der Waals surface area (Å²) in [6.45, 7) is 0.821. The second-order valence-corrected chi connectivity index (χ2v) is 6.76. The van der Waals surface area contributed by atoms with Crippen LogP contribution in [0.1, 0.15) is 5.56 Å². The number of carbonyl (C=O) groups is 1. The van der Waals surface area contributed by atoms with Crippen molar-refractivity contribution in [1.82, 2.24) is 10.3 Å². The Morgan fingerprint density at radius 3 is 2.62 bits per heavy atom. The number of nitro benzene ring substituents is 1. The molecule has 138 valence electrons. The van der Waals surface area contributed by atoms with Crippen molar-refractivity contribution in [1.29, 1.82) is 0 Å². The number of amides is 1. The minimum Gasteiger partial charge on any atom is -0.481 e. The van der Waals surface area contributed by atoms with Crippen molar-refractivity contribution >= 4 is 21.6 Å². The number of halogens is 1. The fraction of sp³-hybridized carbons (Fsp3) is 0.133. The summed E-state index contributed by atoms with van der Waals surface area (Å²) in [5.41, 5.74) is 1.80.